The van der Waals surface area contributed by atoms with Crippen LogP contribution in [-0.4, -0.2) is 39.9 Å². The van der Waals surface area contributed by atoms with Gasteiger partial charge in [0.2, 0.25) is 0 Å². The minimum atomic E-state index is -0.181. The Morgan fingerprint density at radius 3 is 2.83 bits per heavy atom. The maximum atomic E-state index is 13.1. The molecule has 0 aliphatic carbocycles. The average Bonchev–Trinajstić information content (AvgIpc) is 3.19. The van der Waals surface area contributed by atoms with Crippen molar-refractivity contribution in [2.24, 2.45) is 0 Å². The van der Waals surface area contributed by atoms with Crippen LogP contribution in [0.5, 0.6) is 0 Å². The second-order valence-electron chi connectivity index (χ2n) is 7.54. The Hall–Kier alpha value is -2.64. The van der Waals surface area contributed by atoms with Crippen LogP contribution in [0.2, 0.25) is 5.02 Å². The van der Waals surface area contributed by atoms with Gasteiger partial charge in [-0.2, -0.15) is 5.10 Å². The largest absolute Gasteiger partial charge is 0.381 e. The normalized spacial score (nSPS) is 14.8. The highest BCUT2D eigenvalue weighted by Crippen LogP contribution is 2.28. The molecule has 158 valence electrons. The van der Waals surface area contributed by atoms with E-state index in [9.17, 15) is 4.79 Å². The molecule has 1 amide bonds. The predicted octanol–water partition coefficient (Wildman–Crippen LogP) is 3.93. The summed E-state index contributed by atoms with van der Waals surface area (Å²) in [4.78, 5) is 17.6. The number of carbonyl (C=O) groups excluding carboxylic acids is 1. The number of aromatic nitrogens is 3. The number of hydrogen-bond donors (Lipinski definition) is 2. The van der Waals surface area contributed by atoms with Gasteiger partial charge in [0.1, 0.15) is 0 Å². The van der Waals surface area contributed by atoms with E-state index in [2.05, 4.69) is 20.7 Å². The Bertz CT molecular complexity index is 1060. The molecule has 1 saturated heterocycles. The molecule has 1 aliphatic heterocycles. The highest BCUT2D eigenvalue weighted by molar-refractivity contribution is 6.31. The van der Waals surface area contributed by atoms with Crippen molar-refractivity contribution in [2.75, 3.05) is 18.5 Å². The van der Waals surface area contributed by atoms with E-state index in [-0.39, 0.29) is 11.9 Å². The van der Waals surface area contributed by atoms with Crippen molar-refractivity contribution in [1.82, 2.24) is 20.1 Å². The van der Waals surface area contributed by atoms with Gasteiger partial charge in [-0.15, -0.1) is 0 Å². The number of nitrogens with one attached hydrogen (secondary N) is 2. The molecule has 1 aliphatic rings. The molecule has 1 aromatic carbocycles. The van der Waals surface area contributed by atoms with Gasteiger partial charge in [-0.3, -0.25) is 4.79 Å². The summed E-state index contributed by atoms with van der Waals surface area (Å²) in [6.07, 6.45) is 5.21. The molecule has 0 saturated carbocycles. The number of benzene rings is 1. The summed E-state index contributed by atoms with van der Waals surface area (Å²) in [5.74, 6) is -0.181. The minimum Gasteiger partial charge on any atom is -0.381 e. The van der Waals surface area contributed by atoms with Gasteiger partial charge in [-0.25, -0.2) is 9.67 Å². The number of hydrogen-bond acceptors (Lipinski definition) is 5. The molecule has 7 nitrogen and oxygen atoms in total. The van der Waals surface area contributed by atoms with E-state index in [4.69, 9.17) is 16.3 Å². The molecular weight excluding hydrogens is 402 g/mol. The first kappa shape index (κ1) is 20.6. The van der Waals surface area contributed by atoms with Crippen LogP contribution in [0.1, 0.15) is 41.3 Å². The standard InChI is InChI=1S/C22H26ClN5O2/c1-3-28-21-17(13-26-28)20(27-16-6-8-30-9-7-16)18(12-24-21)22(29)25-11-15-5-4-14(2)19(23)10-15/h4-5,10,12-13,16H,3,6-9,11H2,1-2H3,(H,24,27)(H,25,29). The van der Waals surface area contributed by atoms with E-state index in [1.165, 1.54) is 0 Å². The summed E-state index contributed by atoms with van der Waals surface area (Å²) in [6, 6.07) is 6.05. The zero-order valence-corrected chi connectivity index (χ0v) is 18.0. The van der Waals surface area contributed by atoms with Gasteiger partial charge in [-0.05, 0) is 43.9 Å². The van der Waals surface area contributed by atoms with Crippen LogP contribution >= 0.6 is 11.6 Å². The molecule has 1 fully saturated rings. The number of nitrogens with zero attached hydrogens (tertiary/aromatic N) is 3. The number of aryl methyl sites for hydroxylation is 2. The monoisotopic (exact) mass is 427 g/mol. The van der Waals surface area contributed by atoms with Gasteiger partial charge < -0.3 is 15.4 Å². The van der Waals surface area contributed by atoms with E-state index in [0.717, 1.165) is 53.9 Å². The molecule has 2 aromatic heterocycles. The zero-order valence-electron chi connectivity index (χ0n) is 17.2. The van der Waals surface area contributed by atoms with Crippen LogP contribution in [0.15, 0.2) is 30.6 Å². The first-order valence-electron chi connectivity index (χ1n) is 10.3. The molecule has 0 unspecified atom stereocenters. The van der Waals surface area contributed by atoms with Gasteiger partial charge in [0.05, 0.1) is 22.8 Å². The predicted molar refractivity (Wildman–Crippen MR) is 118 cm³/mol. The lowest BCUT2D eigenvalue weighted by Crippen LogP contribution is -2.30. The fourth-order valence-electron chi connectivity index (χ4n) is 3.66. The second-order valence-corrected chi connectivity index (χ2v) is 7.95. The van der Waals surface area contributed by atoms with Crippen LogP contribution in [0.25, 0.3) is 11.0 Å². The van der Waals surface area contributed by atoms with E-state index in [1.54, 1.807) is 12.4 Å². The maximum absolute atomic E-state index is 13.1. The quantitative estimate of drug-likeness (QED) is 0.622. The van der Waals surface area contributed by atoms with Gasteiger partial charge in [-0.1, -0.05) is 23.7 Å². The van der Waals surface area contributed by atoms with Crippen molar-refractivity contribution in [3.05, 3.63) is 52.3 Å². The number of amides is 1. The summed E-state index contributed by atoms with van der Waals surface area (Å²) in [6.45, 7) is 6.52. The van der Waals surface area contributed by atoms with Crippen LogP contribution in [0.4, 0.5) is 5.69 Å². The summed E-state index contributed by atoms with van der Waals surface area (Å²) in [7, 11) is 0. The van der Waals surface area contributed by atoms with Crippen molar-refractivity contribution in [2.45, 2.75) is 45.8 Å². The van der Waals surface area contributed by atoms with Crippen molar-refractivity contribution >= 4 is 34.2 Å². The molecule has 0 bridgehead atoms. The third kappa shape index (κ3) is 4.27. The SMILES string of the molecule is CCn1ncc2c(NC3CCOCC3)c(C(=O)NCc3ccc(C)c(Cl)c3)cnc21. The van der Waals surface area contributed by atoms with E-state index in [1.807, 2.05) is 36.7 Å². The Morgan fingerprint density at radius 2 is 2.10 bits per heavy atom. The van der Waals surface area contributed by atoms with Crippen LogP contribution in [-0.2, 0) is 17.8 Å². The van der Waals surface area contributed by atoms with Crippen molar-refractivity contribution in [1.29, 1.82) is 0 Å². The third-order valence-corrected chi connectivity index (χ3v) is 5.88. The summed E-state index contributed by atoms with van der Waals surface area (Å²) in [5, 5.41) is 12.5. The van der Waals surface area contributed by atoms with Crippen molar-refractivity contribution < 1.29 is 9.53 Å². The number of halogens is 1. The average molecular weight is 428 g/mol. The first-order valence-corrected chi connectivity index (χ1v) is 10.7. The molecule has 30 heavy (non-hydrogen) atoms. The molecule has 3 heterocycles. The number of anilines is 1. The fourth-order valence-corrected chi connectivity index (χ4v) is 3.86. The Morgan fingerprint density at radius 1 is 1.30 bits per heavy atom. The Labute approximate surface area is 180 Å². The number of rotatable bonds is 6. The number of ether oxygens (including phenoxy) is 1. The molecule has 4 rings (SSSR count). The van der Waals surface area contributed by atoms with Gasteiger partial charge >= 0.3 is 0 Å². The fraction of sp³-hybridized carbons (Fsp3) is 0.409. The summed E-state index contributed by atoms with van der Waals surface area (Å²) >= 11 is 6.21. The molecule has 0 radical (unpaired) electrons. The maximum Gasteiger partial charge on any atom is 0.255 e. The highest BCUT2D eigenvalue weighted by Gasteiger charge is 2.22. The number of fused-ring (bicyclic) bond motifs is 1. The second kappa shape index (κ2) is 9.02. The van der Waals surface area contributed by atoms with Gasteiger partial charge in [0, 0.05) is 43.6 Å². The van der Waals surface area contributed by atoms with E-state index >= 15 is 0 Å². The smallest absolute Gasteiger partial charge is 0.255 e. The Balaban J connectivity index is 1.61. The molecule has 0 spiro atoms. The zero-order chi connectivity index (χ0) is 21.1. The van der Waals surface area contributed by atoms with Crippen LogP contribution in [0, 0.1) is 6.92 Å². The number of carbonyl (C=O) groups is 1. The first-order chi connectivity index (χ1) is 14.6. The molecular formula is C22H26ClN5O2. The molecule has 8 heteroatoms. The summed E-state index contributed by atoms with van der Waals surface area (Å²) < 4.78 is 7.30. The third-order valence-electron chi connectivity index (χ3n) is 5.47. The Kier molecular flexibility index (Phi) is 6.20. The number of pyridine rings is 1. The van der Waals surface area contributed by atoms with Gasteiger partial charge in [0.25, 0.3) is 5.91 Å². The summed E-state index contributed by atoms with van der Waals surface area (Å²) in [5.41, 5.74) is 4.03. The van der Waals surface area contributed by atoms with Crippen molar-refractivity contribution in [3.8, 4) is 0 Å². The molecule has 0 atom stereocenters. The van der Waals surface area contributed by atoms with Crippen LogP contribution in [0.3, 0.4) is 0 Å². The molecule has 3 aromatic rings. The van der Waals surface area contributed by atoms with Crippen LogP contribution < -0.4 is 10.6 Å². The minimum absolute atomic E-state index is 0.181. The van der Waals surface area contributed by atoms with Crippen molar-refractivity contribution in [3.63, 3.8) is 0 Å². The topological polar surface area (TPSA) is 81.1 Å². The van der Waals surface area contributed by atoms with Gasteiger partial charge in [0.15, 0.2) is 5.65 Å². The molecule has 2 N–H and O–H groups in total. The lowest BCUT2D eigenvalue weighted by atomic mass is 10.1. The lowest BCUT2D eigenvalue weighted by molar-refractivity contribution is 0.0904. The van der Waals surface area contributed by atoms with E-state index < -0.39 is 0 Å². The van der Waals surface area contributed by atoms with E-state index in [0.29, 0.717) is 23.7 Å². The lowest BCUT2D eigenvalue weighted by Gasteiger charge is -2.25. The highest BCUT2D eigenvalue weighted by atomic mass is 35.5.